The molecule has 0 fully saturated rings. The minimum atomic E-state index is -4.76. The highest BCUT2D eigenvalue weighted by Gasteiger charge is 2.28. The van der Waals surface area contributed by atoms with Crippen LogP contribution in [0.1, 0.15) is 201 Å². The number of aliphatic hydroxyl groups is 1. The molecule has 0 aromatic carbocycles. The highest BCUT2D eigenvalue weighted by atomic mass is 31.2. The molecular formula is C56H93O11P. The van der Waals surface area contributed by atoms with E-state index in [4.69, 9.17) is 23.3 Å². The van der Waals surface area contributed by atoms with E-state index < -0.39 is 57.8 Å². The first kappa shape index (κ1) is 64.4. The first-order chi connectivity index (χ1) is 33.2. The molecule has 0 amide bonds. The van der Waals surface area contributed by atoms with Gasteiger partial charge in [0.1, 0.15) is 12.7 Å². The molecule has 3 atom stereocenters. The summed E-state index contributed by atoms with van der Waals surface area (Å²) in [5.41, 5.74) is 0. The zero-order valence-electron chi connectivity index (χ0n) is 42.5. The molecule has 388 valence electrons. The third-order valence-corrected chi connectivity index (χ3v) is 11.4. The van der Waals surface area contributed by atoms with Gasteiger partial charge in [0.25, 0.3) is 0 Å². The first-order valence-electron chi connectivity index (χ1n) is 26.1. The van der Waals surface area contributed by atoms with Gasteiger partial charge in [0.15, 0.2) is 6.10 Å². The average molecular weight is 973 g/mol. The number of esters is 3. The molecule has 0 heterocycles. The fourth-order valence-corrected chi connectivity index (χ4v) is 7.31. The van der Waals surface area contributed by atoms with Gasteiger partial charge in [-0.1, -0.05) is 163 Å². The van der Waals surface area contributed by atoms with Crippen molar-refractivity contribution in [2.24, 2.45) is 0 Å². The Hall–Kier alpha value is -3.60. The lowest BCUT2D eigenvalue weighted by Crippen LogP contribution is -2.30. The Morgan fingerprint density at radius 3 is 1.19 bits per heavy atom. The van der Waals surface area contributed by atoms with E-state index in [2.05, 4.69) is 118 Å². The van der Waals surface area contributed by atoms with Crippen LogP contribution in [0.2, 0.25) is 0 Å². The van der Waals surface area contributed by atoms with E-state index in [-0.39, 0.29) is 25.9 Å². The minimum absolute atomic E-state index is 0.135. The number of hydrogen-bond acceptors (Lipinski definition) is 10. The Morgan fingerprint density at radius 1 is 0.426 bits per heavy atom. The Labute approximate surface area is 412 Å². The van der Waals surface area contributed by atoms with E-state index in [9.17, 15) is 28.9 Å². The lowest BCUT2D eigenvalue weighted by atomic mass is 10.1. The zero-order chi connectivity index (χ0) is 49.9. The molecule has 0 spiro atoms. The molecule has 0 saturated heterocycles. The fraction of sp³-hybridized carbons (Fsp3) is 0.661. The van der Waals surface area contributed by atoms with E-state index >= 15 is 0 Å². The summed E-state index contributed by atoms with van der Waals surface area (Å²) in [4.78, 5) is 48.3. The van der Waals surface area contributed by atoms with Gasteiger partial charge in [-0.15, -0.1) is 0 Å². The van der Waals surface area contributed by atoms with Gasteiger partial charge in [-0.25, -0.2) is 4.57 Å². The minimum Gasteiger partial charge on any atom is -0.462 e. The summed E-state index contributed by atoms with van der Waals surface area (Å²) in [6.07, 6.45) is 56.7. The number of carbonyl (C=O) groups excluding carboxylic acids is 3. The van der Waals surface area contributed by atoms with Crippen molar-refractivity contribution < 1.29 is 52.2 Å². The van der Waals surface area contributed by atoms with Crippen molar-refractivity contribution in [3.63, 3.8) is 0 Å². The molecule has 0 aliphatic rings. The summed E-state index contributed by atoms with van der Waals surface area (Å²) in [5, 5.41) is 9.77. The van der Waals surface area contributed by atoms with Gasteiger partial charge in [-0.2, -0.15) is 0 Å². The number of phosphoric acid groups is 1. The highest BCUT2D eigenvalue weighted by molar-refractivity contribution is 7.47. The van der Waals surface area contributed by atoms with E-state index in [0.717, 1.165) is 122 Å². The van der Waals surface area contributed by atoms with Crippen LogP contribution in [0.15, 0.2) is 97.2 Å². The molecule has 0 aromatic rings. The van der Waals surface area contributed by atoms with Crippen LogP contribution in [-0.2, 0) is 42.2 Å². The second-order valence-electron chi connectivity index (χ2n) is 16.9. The molecule has 0 aliphatic carbocycles. The van der Waals surface area contributed by atoms with Crippen LogP contribution >= 0.6 is 7.82 Å². The second-order valence-corrected chi connectivity index (χ2v) is 18.4. The number of hydrogen-bond donors (Lipinski definition) is 2. The van der Waals surface area contributed by atoms with Crippen molar-refractivity contribution in [1.29, 1.82) is 0 Å². The van der Waals surface area contributed by atoms with Gasteiger partial charge in [-0.3, -0.25) is 23.4 Å². The Bertz CT molecular complexity index is 1510. The van der Waals surface area contributed by atoms with Crippen LogP contribution in [0.25, 0.3) is 0 Å². The number of rotatable bonds is 47. The summed E-state index contributed by atoms with van der Waals surface area (Å²) in [5.74, 6) is -1.56. The number of aliphatic hydroxyl groups excluding tert-OH is 1. The summed E-state index contributed by atoms with van der Waals surface area (Å²) >= 11 is 0. The summed E-state index contributed by atoms with van der Waals surface area (Å²) in [6.45, 7) is 4.27. The number of carbonyl (C=O) groups is 3. The van der Waals surface area contributed by atoms with Crippen molar-refractivity contribution in [3.8, 4) is 0 Å². The van der Waals surface area contributed by atoms with Crippen LogP contribution in [0.5, 0.6) is 0 Å². The maximum Gasteiger partial charge on any atom is 0.472 e. The van der Waals surface area contributed by atoms with Crippen LogP contribution in [0, 0.1) is 0 Å². The number of allylic oxidation sites excluding steroid dienone is 16. The molecule has 3 unspecified atom stereocenters. The van der Waals surface area contributed by atoms with E-state index in [1.807, 2.05) is 0 Å². The van der Waals surface area contributed by atoms with Gasteiger partial charge in [0.05, 0.1) is 19.8 Å². The van der Waals surface area contributed by atoms with Crippen molar-refractivity contribution in [1.82, 2.24) is 0 Å². The quantitative estimate of drug-likeness (QED) is 0.0197. The van der Waals surface area contributed by atoms with Crippen molar-refractivity contribution in [2.45, 2.75) is 213 Å². The van der Waals surface area contributed by atoms with Crippen LogP contribution in [0.3, 0.4) is 0 Å². The van der Waals surface area contributed by atoms with E-state index in [1.165, 1.54) is 19.3 Å². The molecule has 68 heavy (non-hydrogen) atoms. The standard InChI is InChI=1S/C56H93O11P/c1-4-7-10-13-16-19-22-25-26-29-32-35-38-41-44-47-56(60)67-53(49-63-54(58)45-42-39-36-33-30-27-23-20-17-14-11-8-5-2)51-65-68(61,62)64-50-52(48-57)66-55(59)46-43-40-37-34-31-28-24-21-18-15-12-9-6-3/h8-9,11-12,16-21,25-28,30-31,52-53,57H,4-7,10,13-15,22-24,29,32-51H2,1-3H3,(H,61,62)/b11-8-,12-9-,19-16-,20-17-,21-18-,26-25-,30-27-,31-28-. The largest absolute Gasteiger partial charge is 0.472 e. The number of unbranched alkanes of at least 4 members (excludes halogenated alkanes) is 14. The molecule has 0 radical (unpaired) electrons. The summed E-state index contributed by atoms with van der Waals surface area (Å²) in [6, 6.07) is 0. The Kier molecular flexibility index (Phi) is 47.2. The summed E-state index contributed by atoms with van der Waals surface area (Å²) < 4.78 is 39.3. The molecule has 0 rings (SSSR count). The Balaban J connectivity index is 4.84. The molecule has 2 N–H and O–H groups in total. The molecule has 0 bridgehead atoms. The smallest absolute Gasteiger partial charge is 0.462 e. The summed E-state index contributed by atoms with van der Waals surface area (Å²) in [7, 11) is -4.76. The third-order valence-electron chi connectivity index (χ3n) is 10.5. The highest BCUT2D eigenvalue weighted by Crippen LogP contribution is 2.43. The molecule has 0 aromatic heterocycles. The van der Waals surface area contributed by atoms with Gasteiger partial charge in [-0.05, 0) is 116 Å². The van der Waals surface area contributed by atoms with Crippen molar-refractivity contribution >= 4 is 25.7 Å². The molecule has 0 aliphatic heterocycles. The average Bonchev–Trinajstić information content (AvgIpc) is 3.32. The zero-order valence-corrected chi connectivity index (χ0v) is 43.4. The first-order valence-corrected chi connectivity index (χ1v) is 27.6. The predicted octanol–water partition coefficient (Wildman–Crippen LogP) is 14.9. The van der Waals surface area contributed by atoms with E-state index in [1.54, 1.807) is 0 Å². The topological polar surface area (TPSA) is 155 Å². The maximum atomic E-state index is 12.8. The molecule has 11 nitrogen and oxygen atoms in total. The monoisotopic (exact) mass is 973 g/mol. The number of phosphoric ester groups is 1. The fourth-order valence-electron chi connectivity index (χ4n) is 6.53. The molecule has 0 saturated carbocycles. The van der Waals surface area contributed by atoms with Crippen LogP contribution in [-0.4, -0.2) is 66.5 Å². The van der Waals surface area contributed by atoms with Gasteiger partial charge in [0, 0.05) is 19.3 Å². The lowest BCUT2D eigenvalue weighted by Gasteiger charge is -2.21. The maximum absolute atomic E-state index is 12.8. The second kappa shape index (κ2) is 49.8. The van der Waals surface area contributed by atoms with E-state index in [0.29, 0.717) is 19.3 Å². The van der Waals surface area contributed by atoms with Gasteiger partial charge in [0.2, 0.25) is 0 Å². The normalized spacial score (nSPS) is 14.2. The Morgan fingerprint density at radius 2 is 0.765 bits per heavy atom. The van der Waals surface area contributed by atoms with Crippen LogP contribution < -0.4 is 0 Å². The van der Waals surface area contributed by atoms with Crippen LogP contribution in [0.4, 0.5) is 0 Å². The molecular weight excluding hydrogens is 880 g/mol. The van der Waals surface area contributed by atoms with Gasteiger partial charge >= 0.3 is 25.7 Å². The lowest BCUT2D eigenvalue weighted by molar-refractivity contribution is -0.161. The predicted molar refractivity (Wildman–Crippen MR) is 279 cm³/mol. The number of ether oxygens (including phenoxy) is 3. The molecule has 12 heteroatoms. The third kappa shape index (κ3) is 47.5. The van der Waals surface area contributed by atoms with Crippen molar-refractivity contribution in [3.05, 3.63) is 97.2 Å². The SMILES string of the molecule is CC/C=C\C/C=C\C/C=C\CCCCCC(=O)OCC(COP(=O)(O)OCC(CO)OC(=O)CCCCC/C=C\C/C=C\C/C=C\CC)OC(=O)CCCCCCC/C=C\C/C=C\CCCCC. The van der Waals surface area contributed by atoms with Crippen molar-refractivity contribution in [2.75, 3.05) is 26.4 Å². The van der Waals surface area contributed by atoms with Gasteiger partial charge < -0.3 is 24.2 Å².